The number of hydrogen-bond donors (Lipinski definition) is 1. The van der Waals surface area contributed by atoms with E-state index in [0.29, 0.717) is 6.04 Å². The summed E-state index contributed by atoms with van der Waals surface area (Å²) >= 11 is 0. The Morgan fingerprint density at radius 3 is 2.41 bits per heavy atom. The summed E-state index contributed by atoms with van der Waals surface area (Å²) in [4.78, 5) is 36.4. The summed E-state index contributed by atoms with van der Waals surface area (Å²) in [5, 5.41) is 3.20. The van der Waals surface area contributed by atoms with Gasteiger partial charge in [0.1, 0.15) is 5.82 Å². The molecule has 3 amide bonds. The number of carbonyl (C=O) groups excluding carboxylic acids is 2. The van der Waals surface area contributed by atoms with E-state index in [1.807, 2.05) is 35.0 Å². The molecule has 2 saturated heterocycles. The van der Waals surface area contributed by atoms with E-state index >= 15 is 0 Å². The van der Waals surface area contributed by atoms with Gasteiger partial charge >= 0.3 is 6.03 Å². The summed E-state index contributed by atoms with van der Waals surface area (Å²) in [6, 6.07) is 6.33. The Kier molecular flexibility index (Phi) is 6.04. The first kappa shape index (κ1) is 21.2. The molecule has 0 unspecified atom stereocenters. The van der Waals surface area contributed by atoms with Gasteiger partial charge in [0.05, 0.1) is 17.6 Å². The zero-order valence-corrected chi connectivity index (χ0v) is 19.1. The molecule has 172 valence electrons. The molecule has 8 nitrogen and oxygen atoms in total. The lowest BCUT2D eigenvalue weighted by Gasteiger charge is -2.35. The molecule has 3 fully saturated rings. The van der Waals surface area contributed by atoms with Gasteiger partial charge in [0.2, 0.25) is 0 Å². The number of carbonyl (C=O) groups is 2. The number of nitrogens with one attached hydrogen (secondary N) is 1. The van der Waals surface area contributed by atoms with Gasteiger partial charge in [-0.25, -0.2) is 9.78 Å². The van der Waals surface area contributed by atoms with E-state index in [4.69, 9.17) is 4.98 Å². The second-order valence-electron chi connectivity index (χ2n) is 9.48. The maximum atomic E-state index is 12.7. The van der Waals surface area contributed by atoms with Crippen LogP contribution >= 0.6 is 0 Å². The second-order valence-corrected chi connectivity index (χ2v) is 9.48. The van der Waals surface area contributed by atoms with Crippen LogP contribution in [-0.2, 0) is 13.6 Å². The van der Waals surface area contributed by atoms with Crippen molar-refractivity contribution in [3.63, 3.8) is 0 Å². The molecule has 8 heteroatoms. The van der Waals surface area contributed by atoms with Crippen molar-refractivity contribution >= 4 is 23.0 Å². The number of nitrogens with zero attached hydrogens (tertiary/aromatic N) is 5. The number of hydrogen-bond acceptors (Lipinski definition) is 4. The van der Waals surface area contributed by atoms with Crippen LogP contribution in [0.1, 0.15) is 54.7 Å². The first-order valence-corrected chi connectivity index (χ1v) is 12.1. The summed E-state index contributed by atoms with van der Waals surface area (Å²) in [6.07, 6.45) is 6.87. The summed E-state index contributed by atoms with van der Waals surface area (Å²) in [5.74, 6) is 1.11. The van der Waals surface area contributed by atoms with Crippen LogP contribution in [0.2, 0.25) is 0 Å². The minimum absolute atomic E-state index is 0.0921. The molecule has 32 heavy (non-hydrogen) atoms. The molecule has 1 saturated carbocycles. The molecule has 0 spiro atoms. The number of rotatable bonds is 4. The van der Waals surface area contributed by atoms with Crippen molar-refractivity contribution in [3.8, 4) is 0 Å². The Hall–Kier alpha value is -2.61. The third kappa shape index (κ3) is 4.33. The van der Waals surface area contributed by atoms with Crippen LogP contribution < -0.4 is 5.32 Å². The summed E-state index contributed by atoms with van der Waals surface area (Å²) in [6.45, 7) is 5.65. The minimum atomic E-state index is 0.0921. The third-order valence-corrected chi connectivity index (χ3v) is 7.32. The van der Waals surface area contributed by atoms with Gasteiger partial charge in [-0.1, -0.05) is 12.8 Å². The molecule has 5 rings (SSSR count). The van der Waals surface area contributed by atoms with E-state index in [2.05, 4.69) is 14.8 Å². The van der Waals surface area contributed by atoms with Crippen molar-refractivity contribution in [2.45, 2.75) is 51.1 Å². The van der Waals surface area contributed by atoms with E-state index in [-0.39, 0.29) is 11.9 Å². The fourth-order valence-corrected chi connectivity index (χ4v) is 5.27. The maximum absolute atomic E-state index is 12.7. The minimum Gasteiger partial charge on any atom is -0.339 e. The van der Waals surface area contributed by atoms with Crippen LogP contribution in [0.25, 0.3) is 11.0 Å². The average Bonchev–Trinajstić information content (AvgIpc) is 3.57. The van der Waals surface area contributed by atoms with E-state index < -0.39 is 0 Å². The first-order chi connectivity index (χ1) is 15.6. The highest BCUT2D eigenvalue weighted by Crippen LogP contribution is 2.21. The van der Waals surface area contributed by atoms with Crippen LogP contribution in [0.3, 0.4) is 0 Å². The first-order valence-electron chi connectivity index (χ1n) is 12.1. The van der Waals surface area contributed by atoms with E-state index in [1.54, 1.807) is 0 Å². The third-order valence-electron chi connectivity index (χ3n) is 7.32. The van der Waals surface area contributed by atoms with E-state index in [1.165, 1.54) is 12.8 Å². The number of imidazole rings is 1. The standard InChI is InChI=1S/C24H34N6O2/c1-27-21-9-8-18(23(31)29-10-4-5-11-29)16-20(21)26-22(27)17-28-12-14-30(15-13-28)24(32)25-19-6-2-3-7-19/h8-9,16,19H,2-7,10-15,17H2,1H3,(H,25,32). The van der Waals surface area contributed by atoms with Gasteiger partial charge in [-0.15, -0.1) is 0 Å². The zero-order chi connectivity index (χ0) is 22.1. The molecule has 0 atom stereocenters. The molecule has 2 aliphatic heterocycles. The lowest BCUT2D eigenvalue weighted by atomic mass is 10.2. The van der Waals surface area contributed by atoms with Crippen LogP contribution in [0.5, 0.6) is 0 Å². The summed E-state index contributed by atoms with van der Waals surface area (Å²) < 4.78 is 2.12. The molecule has 3 heterocycles. The number of aromatic nitrogens is 2. The molecular formula is C24H34N6O2. The van der Waals surface area contributed by atoms with Crippen molar-refractivity contribution in [1.82, 2.24) is 29.6 Å². The van der Waals surface area contributed by atoms with Gasteiger partial charge in [0.15, 0.2) is 0 Å². The fourth-order valence-electron chi connectivity index (χ4n) is 5.27. The number of aryl methyl sites for hydroxylation is 1. The summed E-state index contributed by atoms with van der Waals surface area (Å²) in [5.41, 5.74) is 2.65. The molecule has 1 N–H and O–H groups in total. The largest absolute Gasteiger partial charge is 0.339 e. The van der Waals surface area contributed by atoms with Crippen molar-refractivity contribution in [2.75, 3.05) is 39.3 Å². The summed E-state index contributed by atoms with van der Waals surface area (Å²) in [7, 11) is 2.04. The average molecular weight is 439 g/mol. The van der Waals surface area contributed by atoms with Gasteiger partial charge in [-0.05, 0) is 43.9 Å². The van der Waals surface area contributed by atoms with Gasteiger partial charge in [-0.2, -0.15) is 0 Å². The monoisotopic (exact) mass is 438 g/mol. The molecule has 0 bridgehead atoms. The van der Waals surface area contributed by atoms with Crippen molar-refractivity contribution in [1.29, 1.82) is 0 Å². The Labute approximate surface area is 189 Å². The highest BCUT2D eigenvalue weighted by Gasteiger charge is 2.25. The highest BCUT2D eigenvalue weighted by molar-refractivity contribution is 5.97. The topological polar surface area (TPSA) is 73.7 Å². The number of benzene rings is 1. The van der Waals surface area contributed by atoms with Gasteiger partial charge in [0, 0.05) is 57.9 Å². The number of piperazine rings is 1. The molecule has 3 aliphatic rings. The van der Waals surface area contributed by atoms with Crippen LogP contribution in [0.15, 0.2) is 18.2 Å². The molecule has 1 aliphatic carbocycles. The van der Waals surface area contributed by atoms with Crippen molar-refractivity contribution in [2.24, 2.45) is 7.05 Å². The van der Waals surface area contributed by atoms with E-state index in [0.717, 1.165) is 93.9 Å². The predicted molar refractivity (Wildman–Crippen MR) is 123 cm³/mol. The van der Waals surface area contributed by atoms with Gasteiger partial charge < -0.3 is 19.7 Å². The van der Waals surface area contributed by atoms with Gasteiger partial charge in [-0.3, -0.25) is 9.69 Å². The Morgan fingerprint density at radius 2 is 1.69 bits per heavy atom. The molecule has 1 aromatic heterocycles. The second kappa shape index (κ2) is 9.10. The Morgan fingerprint density at radius 1 is 0.969 bits per heavy atom. The number of fused-ring (bicyclic) bond motifs is 1. The van der Waals surface area contributed by atoms with Crippen molar-refractivity contribution in [3.05, 3.63) is 29.6 Å². The van der Waals surface area contributed by atoms with Gasteiger partial charge in [0.25, 0.3) is 5.91 Å². The fraction of sp³-hybridized carbons (Fsp3) is 0.625. The number of urea groups is 1. The molecule has 1 aromatic carbocycles. The number of amides is 3. The Bertz CT molecular complexity index is 982. The SMILES string of the molecule is Cn1c(CN2CCN(C(=O)NC3CCCC3)CC2)nc2cc(C(=O)N3CCCC3)ccc21. The van der Waals surface area contributed by atoms with Crippen molar-refractivity contribution < 1.29 is 9.59 Å². The maximum Gasteiger partial charge on any atom is 0.317 e. The predicted octanol–water partition coefficient (Wildman–Crippen LogP) is 2.58. The van der Waals surface area contributed by atoms with E-state index in [9.17, 15) is 9.59 Å². The smallest absolute Gasteiger partial charge is 0.317 e. The van der Waals surface area contributed by atoms with Crippen LogP contribution in [0, 0.1) is 0 Å². The van der Waals surface area contributed by atoms with Crippen LogP contribution in [-0.4, -0.2) is 81.5 Å². The zero-order valence-electron chi connectivity index (χ0n) is 19.1. The Balaban J connectivity index is 1.20. The van der Waals surface area contributed by atoms with Crippen LogP contribution in [0.4, 0.5) is 4.79 Å². The molecular weight excluding hydrogens is 404 g/mol. The number of likely N-dealkylation sites (tertiary alicyclic amines) is 1. The highest BCUT2D eigenvalue weighted by atomic mass is 16.2. The lowest BCUT2D eigenvalue weighted by Crippen LogP contribution is -2.53. The molecule has 0 radical (unpaired) electrons. The quantitative estimate of drug-likeness (QED) is 0.796. The lowest BCUT2D eigenvalue weighted by molar-refractivity contribution is 0.0793. The normalized spacial score (nSPS) is 20.4. The molecule has 2 aromatic rings.